The first kappa shape index (κ1) is 21.5. The average molecular weight is 517 g/mol. The molecule has 168 valence electrons. The molecule has 0 atom stereocenters. The maximum Gasteiger partial charge on any atom is 0.270 e. The van der Waals surface area contributed by atoms with Crippen molar-refractivity contribution < 1.29 is 13.2 Å². The van der Waals surface area contributed by atoms with Gasteiger partial charge in [0.25, 0.3) is 5.91 Å². The molecule has 5 rings (SSSR count). The highest BCUT2D eigenvalue weighted by atomic mass is 79.9. The lowest BCUT2D eigenvalue weighted by atomic mass is 10.0. The van der Waals surface area contributed by atoms with E-state index in [1.165, 1.54) is 6.26 Å². The van der Waals surface area contributed by atoms with Crippen LogP contribution in [0.3, 0.4) is 0 Å². The molecule has 1 aromatic heterocycles. The molecular formula is C23H25BrN4O3S. The molecule has 9 heteroatoms. The maximum atomic E-state index is 12.9. The van der Waals surface area contributed by atoms with Crippen molar-refractivity contribution in [2.24, 2.45) is 5.92 Å². The van der Waals surface area contributed by atoms with Gasteiger partial charge in [-0.3, -0.25) is 9.10 Å². The Morgan fingerprint density at radius 1 is 1.19 bits per heavy atom. The number of aromatic nitrogens is 2. The van der Waals surface area contributed by atoms with Crippen molar-refractivity contribution >= 4 is 48.5 Å². The van der Waals surface area contributed by atoms with Crippen molar-refractivity contribution in [1.82, 2.24) is 15.1 Å². The first-order valence-electron chi connectivity index (χ1n) is 10.8. The Bertz CT molecular complexity index is 1310. The van der Waals surface area contributed by atoms with Crippen LogP contribution >= 0.6 is 15.9 Å². The average Bonchev–Trinajstić information content (AvgIpc) is 3.67. The van der Waals surface area contributed by atoms with Gasteiger partial charge in [0.05, 0.1) is 23.1 Å². The quantitative estimate of drug-likeness (QED) is 0.509. The van der Waals surface area contributed by atoms with Crippen molar-refractivity contribution in [1.29, 1.82) is 0 Å². The molecule has 0 unspecified atom stereocenters. The second-order valence-electron chi connectivity index (χ2n) is 8.76. The minimum absolute atomic E-state index is 0.233. The number of benzene rings is 2. The third kappa shape index (κ3) is 4.03. The fourth-order valence-corrected chi connectivity index (χ4v) is 5.39. The van der Waals surface area contributed by atoms with Crippen LogP contribution in [0.4, 0.5) is 5.69 Å². The van der Waals surface area contributed by atoms with Crippen LogP contribution in [0.1, 0.15) is 47.7 Å². The van der Waals surface area contributed by atoms with Gasteiger partial charge in [0.15, 0.2) is 0 Å². The van der Waals surface area contributed by atoms with E-state index >= 15 is 0 Å². The highest BCUT2D eigenvalue weighted by molar-refractivity contribution is 9.10. The van der Waals surface area contributed by atoms with Crippen molar-refractivity contribution in [3.63, 3.8) is 0 Å². The summed E-state index contributed by atoms with van der Waals surface area (Å²) in [5, 5.41) is 8.20. The number of amides is 1. The van der Waals surface area contributed by atoms with E-state index in [4.69, 9.17) is 5.10 Å². The van der Waals surface area contributed by atoms with E-state index in [9.17, 15) is 13.2 Å². The number of hydrogen-bond acceptors (Lipinski definition) is 4. The molecule has 7 nitrogen and oxygen atoms in total. The van der Waals surface area contributed by atoms with E-state index < -0.39 is 10.0 Å². The van der Waals surface area contributed by atoms with Gasteiger partial charge >= 0.3 is 0 Å². The molecule has 0 aliphatic heterocycles. The molecule has 1 heterocycles. The molecule has 0 spiro atoms. The normalized spacial score (nSPS) is 16.3. The van der Waals surface area contributed by atoms with Gasteiger partial charge in [-0.15, -0.1) is 0 Å². The largest absolute Gasteiger partial charge is 0.354 e. The van der Waals surface area contributed by atoms with Gasteiger partial charge in [-0.25, -0.2) is 13.1 Å². The fraction of sp³-hybridized carbons (Fsp3) is 0.391. The van der Waals surface area contributed by atoms with Gasteiger partial charge < -0.3 is 5.32 Å². The Labute approximate surface area is 196 Å². The third-order valence-corrected chi connectivity index (χ3v) is 7.82. The number of anilines is 1. The number of carbonyl (C=O) groups is 1. The minimum atomic E-state index is -3.44. The van der Waals surface area contributed by atoms with Gasteiger partial charge in [-0.05, 0) is 79.5 Å². The highest BCUT2D eigenvalue weighted by Crippen LogP contribution is 2.47. The lowest BCUT2D eigenvalue weighted by Gasteiger charge is -2.25. The van der Waals surface area contributed by atoms with Gasteiger partial charge in [-0.1, -0.05) is 15.9 Å². The second-order valence-corrected chi connectivity index (χ2v) is 11.6. The zero-order valence-corrected chi connectivity index (χ0v) is 20.4. The number of nitrogens with one attached hydrogen (secondary N) is 1. The third-order valence-electron chi connectivity index (χ3n) is 6.14. The number of rotatable bonds is 7. The fourth-order valence-electron chi connectivity index (χ4n) is 4.13. The zero-order valence-electron chi connectivity index (χ0n) is 18.0. The summed E-state index contributed by atoms with van der Waals surface area (Å²) in [7, 11) is -1.84. The lowest BCUT2D eigenvalue weighted by molar-refractivity contribution is 0.0957. The number of hydrogen-bond donors (Lipinski definition) is 1. The molecule has 32 heavy (non-hydrogen) atoms. The first-order valence-corrected chi connectivity index (χ1v) is 13.4. The summed E-state index contributed by atoms with van der Waals surface area (Å²) in [6.45, 7) is 0.500. The topological polar surface area (TPSA) is 84.3 Å². The van der Waals surface area contributed by atoms with Crippen LogP contribution in [0.15, 0.2) is 40.9 Å². The molecule has 2 saturated carbocycles. The summed E-state index contributed by atoms with van der Waals surface area (Å²) in [6.07, 6.45) is 5.44. The molecule has 2 aliphatic rings. The highest BCUT2D eigenvalue weighted by Gasteiger charge is 2.35. The van der Waals surface area contributed by atoms with E-state index in [0.29, 0.717) is 35.3 Å². The van der Waals surface area contributed by atoms with Crippen molar-refractivity contribution in [2.75, 3.05) is 24.2 Å². The number of fused-ring (bicyclic) bond motifs is 1. The van der Waals surface area contributed by atoms with E-state index in [2.05, 4.69) is 21.2 Å². The summed E-state index contributed by atoms with van der Waals surface area (Å²) >= 11 is 3.44. The smallest absolute Gasteiger partial charge is 0.270 e. The van der Waals surface area contributed by atoms with Crippen LogP contribution in [-0.4, -0.2) is 44.0 Å². The Balaban J connectivity index is 1.74. The van der Waals surface area contributed by atoms with E-state index in [1.54, 1.807) is 16.0 Å². The molecular weight excluding hydrogens is 492 g/mol. The summed E-state index contributed by atoms with van der Waals surface area (Å²) in [5.41, 5.74) is 3.51. The molecule has 3 aromatic rings. The predicted octanol–water partition coefficient (Wildman–Crippen LogP) is 4.20. The van der Waals surface area contributed by atoms with E-state index in [1.807, 2.05) is 36.4 Å². The van der Waals surface area contributed by atoms with Crippen LogP contribution < -0.4 is 9.62 Å². The standard InChI is InChI=1S/C23H25BrN4O3S/c1-25-23(29)22-19-11-18(15-5-6-15)21(27(32(2,30)31)13-14-3-4-14)12-20(19)26-28(22)17-9-7-16(24)8-10-17/h7-12,14-15H,3-6,13H2,1-2H3,(H,25,29). The molecule has 2 fully saturated rings. The van der Waals surface area contributed by atoms with Crippen molar-refractivity contribution in [3.8, 4) is 5.69 Å². The van der Waals surface area contributed by atoms with Crippen molar-refractivity contribution in [2.45, 2.75) is 31.6 Å². The Morgan fingerprint density at radius 2 is 1.88 bits per heavy atom. The molecule has 1 amide bonds. The van der Waals surface area contributed by atoms with Crippen LogP contribution in [0.25, 0.3) is 16.6 Å². The number of halogens is 1. The molecule has 1 N–H and O–H groups in total. The van der Waals surface area contributed by atoms with E-state index in [-0.39, 0.29) is 5.91 Å². The minimum Gasteiger partial charge on any atom is -0.354 e. The van der Waals surface area contributed by atoms with Gasteiger partial charge in [0, 0.05) is 23.5 Å². The molecule has 2 aromatic carbocycles. The second kappa shape index (κ2) is 7.88. The summed E-state index contributed by atoms with van der Waals surface area (Å²) < 4.78 is 29.6. The lowest BCUT2D eigenvalue weighted by Crippen LogP contribution is -2.32. The Kier molecular flexibility index (Phi) is 5.28. The summed E-state index contributed by atoms with van der Waals surface area (Å²) in [6, 6.07) is 11.4. The van der Waals surface area contributed by atoms with Crippen LogP contribution in [0.5, 0.6) is 0 Å². The van der Waals surface area contributed by atoms with Crippen LogP contribution in [0.2, 0.25) is 0 Å². The first-order chi connectivity index (χ1) is 15.3. The number of sulfonamides is 1. The Morgan fingerprint density at radius 3 is 2.44 bits per heavy atom. The Hall–Kier alpha value is -2.39. The van der Waals surface area contributed by atoms with Crippen LogP contribution in [0, 0.1) is 5.92 Å². The number of nitrogens with zero attached hydrogens (tertiary/aromatic N) is 3. The number of carbonyl (C=O) groups excluding carboxylic acids is 1. The van der Waals surface area contributed by atoms with Crippen molar-refractivity contribution in [3.05, 3.63) is 52.1 Å². The zero-order chi connectivity index (χ0) is 22.6. The molecule has 2 aliphatic carbocycles. The van der Waals surface area contributed by atoms with E-state index in [0.717, 1.165) is 46.8 Å². The maximum absolute atomic E-state index is 12.9. The van der Waals surface area contributed by atoms with Gasteiger partial charge in [0.2, 0.25) is 10.0 Å². The van der Waals surface area contributed by atoms with Crippen LogP contribution in [-0.2, 0) is 10.0 Å². The summed E-state index contributed by atoms with van der Waals surface area (Å²) in [5.74, 6) is 0.489. The predicted molar refractivity (Wildman–Crippen MR) is 129 cm³/mol. The molecule has 0 bridgehead atoms. The summed E-state index contributed by atoms with van der Waals surface area (Å²) in [4.78, 5) is 12.9. The molecule has 0 radical (unpaired) electrons. The monoisotopic (exact) mass is 516 g/mol. The van der Waals surface area contributed by atoms with Gasteiger partial charge in [-0.2, -0.15) is 5.10 Å². The molecule has 0 saturated heterocycles. The van der Waals surface area contributed by atoms with Gasteiger partial charge in [0.1, 0.15) is 5.69 Å². The SMILES string of the molecule is CNC(=O)c1c2cc(C3CC3)c(N(CC3CC3)S(C)(=O)=O)cc2nn1-c1ccc(Br)cc1.